The molecule has 1 aliphatic rings. The number of ether oxygens (including phenoxy) is 1. The second-order valence-electron chi connectivity index (χ2n) is 4.20. The average Bonchev–Trinajstić information content (AvgIpc) is 2.80. The lowest BCUT2D eigenvalue weighted by molar-refractivity contribution is -0.103. The topological polar surface area (TPSA) is 54.1 Å². The number of carbonyl (C=O) groups is 1. The molecule has 0 spiro atoms. The van der Waals surface area contributed by atoms with E-state index in [1.165, 1.54) is 0 Å². The molecular weight excluding hydrogens is 242 g/mol. The third-order valence-electron chi connectivity index (χ3n) is 3.02. The predicted octanol–water partition coefficient (Wildman–Crippen LogP) is 2.58. The first-order valence-electron chi connectivity index (χ1n) is 5.45. The van der Waals surface area contributed by atoms with Crippen LogP contribution in [-0.2, 0) is 4.74 Å². The van der Waals surface area contributed by atoms with Gasteiger partial charge in [-0.15, -0.1) is 0 Å². The summed E-state index contributed by atoms with van der Waals surface area (Å²) < 4.78 is 32.0. The van der Waals surface area contributed by atoms with E-state index in [0.717, 1.165) is 5.52 Å². The molecule has 1 saturated heterocycles. The van der Waals surface area contributed by atoms with Crippen molar-refractivity contribution in [1.29, 1.82) is 0 Å². The fraction of sp³-hybridized carbons (Fsp3) is 0.250. The predicted molar refractivity (Wildman–Crippen MR) is 60.5 cm³/mol. The number of alkyl halides is 2. The average molecular weight is 252 g/mol. The van der Waals surface area contributed by atoms with Gasteiger partial charge in [-0.05, 0) is 17.7 Å². The number of H-pyrrole nitrogens is 1. The van der Waals surface area contributed by atoms with Crippen molar-refractivity contribution in [3.05, 3.63) is 36.0 Å². The first kappa shape index (κ1) is 11.0. The summed E-state index contributed by atoms with van der Waals surface area (Å²) in [6, 6.07) is 5.39. The molecule has 1 aromatic carbocycles. The zero-order valence-corrected chi connectivity index (χ0v) is 9.24. The van der Waals surface area contributed by atoms with E-state index in [2.05, 4.69) is 15.0 Å². The summed E-state index contributed by atoms with van der Waals surface area (Å²) in [6.07, 6.45) is 0.853. The van der Waals surface area contributed by atoms with Crippen LogP contribution in [0.5, 0.6) is 0 Å². The number of rotatable bonds is 1. The van der Waals surface area contributed by atoms with Gasteiger partial charge < -0.3 is 15.0 Å². The highest BCUT2D eigenvalue weighted by molar-refractivity contribution is 5.84. The van der Waals surface area contributed by atoms with Crippen molar-refractivity contribution < 1.29 is 18.3 Å². The third kappa shape index (κ3) is 1.61. The van der Waals surface area contributed by atoms with Crippen molar-refractivity contribution in [2.75, 3.05) is 6.61 Å². The first-order chi connectivity index (χ1) is 8.58. The van der Waals surface area contributed by atoms with Gasteiger partial charge in [0, 0.05) is 17.1 Å². The van der Waals surface area contributed by atoms with Gasteiger partial charge in [-0.25, -0.2) is 13.6 Å². The maximum Gasteiger partial charge on any atom is 0.408 e. The van der Waals surface area contributed by atoms with E-state index in [9.17, 15) is 13.6 Å². The Morgan fingerprint density at radius 2 is 2.17 bits per heavy atom. The molecule has 1 aliphatic heterocycles. The van der Waals surface area contributed by atoms with Crippen molar-refractivity contribution >= 4 is 17.0 Å². The van der Waals surface area contributed by atoms with Crippen molar-refractivity contribution in [2.45, 2.75) is 12.0 Å². The van der Waals surface area contributed by atoms with Crippen molar-refractivity contribution in [1.82, 2.24) is 10.3 Å². The first-order valence-corrected chi connectivity index (χ1v) is 5.45. The molecule has 1 amide bonds. The number of aromatic amines is 1. The Hall–Kier alpha value is -2.11. The zero-order chi connectivity index (χ0) is 12.8. The molecule has 0 bridgehead atoms. The Balaban J connectivity index is 2.12. The lowest BCUT2D eigenvalue weighted by Crippen LogP contribution is -2.49. The number of hydrogen-bond acceptors (Lipinski definition) is 2. The lowest BCUT2D eigenvalue weighted by Gasteiger charge is -2.32. The Kier molecular flexibility index (Phi) is 2.26. The third-order valence-corrected chi connectivity index (χ3v) is 3.02. The smallest absolute Gasteiger partial charge is 0.408 e. The van der Waals surface area contributed by atoms with Crippen molar-refractivity contribution in [3.8, 4) is 0 Å². The van der Waals surface area contributed by atoms with E-state index in [4.69, 9.17) is 0 Å². The minimum absolute atomic E-state index is 0.385. The lowest BCUT2D eigenvalue weighted by atomic mass is 9.97. The number of hydrogen-bond donors (Lipinski definition) is 2. The molecule has 4 nitrogen and oxygen atoms in total. The van der Waals surface area contributed by atoms with Crippen molar-refractivity contribution in [2.24, 2.45) is 0 Å². The monoisotopic (exact) mass is 252 g/mol. The zero-order valence-electron chi connectivity index (χ0n) is 9.24. The Labute approximate surface area is 101 Å². The van der Waals surface area contributed by atoms with E-state index in [1.54, 1.807) is 30.5 Å². The van der Waals surface area contributed by atoms with Crippen LogP contribution < -0.4 is 5.32 Å². The van der Waals surface area contributed by atoms with E-state index >= 15 is 0 Å². The van der Waals surface area contributed by atoms with Crippen LogP contribution in [0.15, 0.2) is 30.5 Å². The maximum absolute atomic E-state index is 13.8. The van der Waals surface area contributed by atoms with E-state index in [-0.39, 0.29) is 0 Å². The molecule has 0 radical (unpaired) electrons. The summed E-state index contributed by atoms with van der Waals surface area (Å²) in [5.41, 5.74) is 1.14. The van der Waals surface area contributed by atoms with Crippen LogP contribution in [-0.4, -0.2) is 23.6 Å². The normalized spacial score (nSPS) is 22.6. The van der Waals surface area contributed by atoms with Crippen LogP contribution >= 0.6 is 0 Å². The van der Waals surface area contributed by atoms with Crippen LogP contribution in [0.1, 0.15) is 11.6 Å². The molecule has 2 N–H and O–H groups in total. The van der Waals surface area contributed by atoms with Crippen LogP contribution in [0, 0.1) is 0 Å². The molecule has 94 valence electrons. The molecule has 0 aliphatic carbocycles. The van der Waals surface area contributed by atoms with Gasteiger partial charge in [0.2, 0.25) is 0 Å². The van der Waals surface area contributed by atoms with E-state index in [1.807, 2.05) is 0 Å². The summed E-state index contributed by atoms with van der Waals surface area (Å²) in [7, 11) is 0. The number of amides is 1. The van der Waals surface area contributed by atoms with Gasteiger partial charge in [-0.1, -0.05) is 12.1 Å². The van der Waals surface area contributed by atoms with Crippen LogP contribution in [0.4, 0.5) is 13.6 Å². The maximum atomic E-state index is 13.8. The van der Waals surface area contributed by atoms with Crippen molar-refractivity contribution in [3.63, 3.8) is 0 Å². The number of carbonyl (C=O) groups excluding carboxylic acids is 1. The molecule has 1 atom stereocenters. The van der Waals surface area contributed by atoms with Gasteiger partial charge in [0.25, 0.3) is 0 Å². The molecule has 2 aromatic rings. The number of cyclic esters (lactones) is 1. The number of aromatic nitrogens is 1. The van der Waals surface area contributed by atoms with Gasteiger partial charge in [-0.2, -0.15) is 0 Å². The quantitative estimate of drug-likeness (QED) is 0.819. The number of alkyl carbamates (subject to hydrolysis) is 1. The summed E-state index contributed by atoms with van der Waals surface area (Å²) in [5, 5.41) is 2.85. The minimum atomic E-state index is -3.13. The highest BCUT2D eigenvalue weighted by atomic mass is 19.3. The fourth-order valence-electron chi connectivity index (χ4n) is 2.18. The van der Waals surface area contributed by atoms with Crippen LogP contribution in [0.25, 0.3) is 10.9 Å². The summed E-state index contributed by atoms with van der Waals surface area (Å²) in [5.74, 6) is -3.13. The Morgan fingerprint density at radius 1 is 1.33 bits per heavy atom. The number of halogens is 2. The number of nitrogens with one attached hydrogen (secondary N) is 2. The molecule has 3 rings (SSSR count). The van der Waals surface area contributed by atoms with E-state index in [0.29, 0.717) is 10.9 Å². The largest absolute Gasteiger partial charge is 0.443 e. The van der Waals surface area contributed by atoms with Gasteiger partial charge in [0.15, 0.2) is 6.61 Å². The molecule has 0 unspecified atom stereocenters. The molecule has 1 fully saturated rings. The molecule has 18 heavy (non-hydrogen) atoms. The van der Waals surface area contributed by atoms with Gasteiger partial charge >= 0.3 is 12.0 Å². The summed E-state index contributed by atoms with van der Waals surface area (Å²) in [4.78, 5) is 14.1. The number of benzene rings is 1. The highest BCUT2D eigenvalue weighted by Crippen LogP contribution is 2.37. The number of fused-ring (bicyclic) bond motifs is 1. The molecule has 2 heterocycles. The van der Waals surface area contributed by atoms with Crippen LogP contribution in [0.2, 0.25) is 0 Å². The summed E-state index contributed by atoms with van der Waals surface area (Å²) >= 11 is 0. The Bertz CT molecular complexity index is 609. The minimum Gasteiger partial charge on any atom is -0.443 e. The van der Waals surface area contributed by atoms with Gasteiger partial charge in [0.05, 0.1) is 0 Å². The SMILES string of the molecule is O=C1N[C@@H](c2cccc3[nH]ccc23)C(F)(F)CO1. The summed E-state index contributed by atoms with van der Waals surface area (Å²) in [6.45, 7) is -0.899. The Morgan fingerprint density at radius 3 is 3.00 bits per heavy atom. The fourth-order valence-corrected chi connectivity index (χ4v) is 2.18. The highest BCUT2D eigenvalue weighted by Gasteiger charge is 2.47. The van der Waals surface area contributed by atoms with Gasteiger partial charge in [0.1, 0.15) is 6.04 Å². The van der Waals surface area contributed by atoms with E-state index < -0.39 is 24.7 Å². The molecule has 1 aromatic heterocycles. The molecule has 6 heteroatoms. The van der Waals surface area contributed by atoms with Crippen LogP contribution in [0.3, 0.4) is 0 Å². The van der Waals surface area contributed by atoms with Gasteiger partial charge in [-0.3, -0.25) is 0 Å². The standard InChI is InChI=1S/C12H10F2N2O2/c13-12(14)6-18-11(17)16-10(12)8-2-1-3-9-7(8)4-5-15-9/h1-5,10,15H,6H2,(H,16,17)/t10-/m0/s1. The second-order valence-corrected chi connectivity index (χ2v) is 4.20. The molecule has 0 saturated carbocycles. The molecular formula is C12H10F2N2O2. The second kappa shape index (κ2) is 3.69.